The van der Waals surface area contributed by atoms with Crippen LogP contribution in [-0.4, -0.2) is 29.7 Å². The Hall–Kier alpha value is -3.61. The van der Waals surface area contributed by atoms with Gasteiger partial charge in [-0.15, -0.1) is 0 Å². The number of nitrogens with zero attached hydrogens (tertiary/aromatic N) is 2. The van der Waals surface area contributed by atoms with Gasteiger partial charge in [0.1, 0.15) is 22.9 Å². The fourth-order valence-electron chi connectivity index (χ4n) is 2.78. The Kier molecular flexibility index (Phi) is 5.74. The average Bonchev–Trinajstić information content (AvgIpc) is 2.70. The quantitative estimate of drug-likeness (QED) is 0.712. The Morgan fingerprint density at radius 1 is 1.11 bits per heavy atom. The lowest BCUT2D eigenvalue weighted by Crippen LogP contribution is -2.29. The summed E-state index contributed by atoms with van der Waals surface area (Å²) >= 11 is 0. The van der Waals surface area contributed by atoms with Crippen molar-refractivity contribution < 1.29 is 14.3 Å². The summed E-state index contributed by atoms with van der Waals surface area (Å²) in [5.74, 6) is 1.19. The molecule has 28 heavy (non-hydrogen) atoms. The Balaban J connectivity index is 1.88. The van der Waals surface area contributed by atoms with Crippen molar-refractivity contribution in [3.63, 3.8) is 0 Å². The molecular weight excluding hydrogens is 358 g/mol. The molecule has 0 saturated carbocycles. The number of amides is 1. The molecule has 1 aromatic carbocycles. The molecule has 2 heterocycles. The van der Waals surface area contributed by atoms with Crippen molar-refractivity contribution in [3.8, 4) is 11.5 Å². The van der Waals surface area contributed by atoms with E-state index < -0.39 is 11.5 Å². The zero-order chi connectivity index (χ0) is 20.1. The normalized spacial score (nSPS) is 10.4. The number of aryl methyl sites for hydroxylation is 1. The van der Waals surface area contributed by atoms with Crippen molar-refractivity contribution >= 4 is 11.7 Å². The lowest BCUT2D eigenvalue weighted by atomic mass is 10.2. The van der Waals surface area contributed by atoms with Gasteiger partial charge in [-0.1, -0.05) is 6.07 Å². The molecule has 0 aliphatic carbocycles. The molecule has 0 bridgehead atoms. The Bertz CT molecular complexity index is 1040. The van der Waals surface area contributed by atoms with Crippen LogP contribution >= 0.6 is 0 Å². The number of hydrogen-bond donors (Lipinski definition) is 1. The average molecular weight is 379 g/mol. The predicted octanol–water partition coefficient (Wildman–Crippen LogP) is 2.87. The smallest absolute Gasteiger partial charge is 0.263 e. The summed E-state index contributed by atoms with van der Waals surface area (Å²) in [6, 6.07) is 12.2. The van der Waals surface area contributed by atoms with E-state index >= 15 is 0 Å². The van der Waals surface area contributed by atoms with Gasteiger partial charge in [0.05, 0.1) is 20.8 Å². The number of pyridine rings is 2. The molecular formula is C21H21N3O4. The summed E-state index contributed by atoms with van der Waals surface area (Å²) in [5, 5.41) is 2.69. The standard InChI is InChI=1S/C21H21N3O4/c1-14-6-4-8-22-19(14)23-20(25)18-7-5-9-24(21(18)26)13-15-10-16(27-2)12-17(11-15)28-3/h4-12H,13H2,1-3H3,(H,22,23,25). The van der Waals surface area contributed by atoms with Gasteiger partial charge in [-0.2, -0.15) is 0 Å². The number of rotatable bonds is 6. The van der Waals surface area contributed by atoms with E-state index in [0.717, 1.165) is 11.1 Å². The Morgan fingerprint density at radius 3 is 2.46 bits per heavy atom. The predicted molar refractivity (Wildman–Crippen MR) is 106 cm³/mol. The number of benzene rings is 1. The Labute approximate surface area is 162 Å². The molecule has 1 N–H and O–H groups in total. The van der Waals surface area contributed by atoms with Gasteiger partial charge in [0.25, 0.3) is 11.5 Å². The second kappa shape index (κ2) is 8.39. The number of hydrogen-bond acceptors (Lipinski definition) is 5. The lowest BCUT2D eigenvalue weighted by Gasteiger charge is -2.11. The van der Waals surface area contributed by atoms with E-state index in [0.29, 0.717) is 17.3 Å². The third-order valence-corrected chi connectivity index (χ3v) is 4.27. The van der Waals surface area contributed by atoms with Crippen LogP contribution in [0.25, 0.3) is 0 Å². The summed E-state index contributed by atoms with van der Waals surface area (Å²) in [6.07, 6.45) is 3.22. The fourth-order valence-corrected chi connectivity index (χ4v) is 2.78. The van der Waals surface area contributed by atoms with Crippen molar-refractivity contribution in [2.75, 3.05) is 19.5 Å². The minimum atomic E-state index is -0.496. The fraction of sp³-hybridized carbons (Fsp3) is 0.190. The van der Waals surface area contributed by atoms with Crippen LogP contribution in [0.4, 0.5) is 5.82 Å². The number of ether oxygens (including phenoxy) is 2. The van der Waals surface area contributed by atoms with Gasteiger partial charge in [-0.05, 0) is 48.4 Å². The van der Waals surface area contributed by atoms with Gasteiger partial charge >= 0.3 is 0 Å². The van der Waals surface area contributed by atoms with Crippen LogP contribution < -0.4 is 20.3 Å². The van der Waals surface area contributed by atoms with Crippen LogP contribution in [0.1, 0.15) is 21.5 Å². The van der Waals surface area contributed by atoms with Crippen LogP contribution in [0.3, 0.4) is 0 Å². The summed E-state index contributed by atoms with van der Waals surface area (Å²) in [5.41, 5.74) is 1.28. The molecule has 144 valence electrons. The van der Waals surface area contributed by atoms with E-state index in [9.17, 15) is 9.59 Å². The van der Waals surface area contributed by atoms with Crippen LogP contribution in [0.15, 0.2) is 59.7 Å². The van der Waals surface area contributed by atoms with Crippen molar-refractivity contribution in [1.29, 1.82) is 0 Å². The van der Waals surface area contributed by atoms with E-state index in [1.807, 2.05) is 25.1 Å². The van der Waals surface area contributed by atoms with Crippen molar-refractivity contribution in [2.24, 2.45) is 0 Å². The lowest BCUT2D eigenvalue weighted by molar-refractivity contribution is 0.102. The number of anilines is 1. The second-order valence-corrected chi connectivity index (χ2v) is 6.20. The minimum Gasteiger partial charge on any atom is -0.497 e. The number of carbonyl (C=O) groups is 1. The maximum atomic E-state index is 12.8. The first-order chi connectivity index (χ1) is 13.5. The van der Waals surface area contributed by atoms with Gasteiger partial charge in [0.2, 0.25) is 0 Å². The van der Waals surface area contributed by atoms with Crippen LogP contribution in [0, 0.1) is 6.92 Å². The second-order valence-electron chi connectivity index (χ2n) is 6.20. The van der Waals surface area contributed by atoms with Gasteiger partial charge in [-0.25, -0.2) is 4.98 Å². The van der Waals surface area contributed by atoms with Crippen molar-refractivity contribution in [2.45, 2.75) is 13.5 Å². The summed E-state index contributed by atoms with van der Waals surface area (Å²) < 4.78 is 12.0. The molecule has 7 heteroatoms. The van der Waals surface area contributed by atoms with Crippen LogP contribution in [0.5, 0.6) is 11.5 Å². The number of carbonyl (C=O) groups excluding carboxylic acids is 1. The third-order valence-electron chi connectivity index (χ3n) is 4.27. The molecule has 0 atom stereocenters. The maximum Gasteiger partial charge on any atom is 0.263 e. The highest BCUT2D eigenvalue weighted by Gasteiger charge is 2.14. The molecule has 0 saturated heterocycles. The molecule has 1 amide bonds. The molecule has 0 radical (unpaired) electrons. The molecule has 0 spiro atoms. The van der Waals surface area contributed by atoms with E-state index in [-0.39, 0.29) is 12.1 Å². The highest BCUT2D eigenvalue weighted by atomic mass is 16.5. The first kappa shape index (κ1) is 19.2. The SMILES string of the molecule is COc1cc(Cn2cccc(C(=O)Nc3ncccc3C)c2=O)cc(OC)c1. The maximum absolute atomic E-state index is 12.8. The third kappa shape index (κ3) is 4.20. The molecule has 2 aromatic heterocycles. The number of nitrogens with one attached hydrogen (secondary N) is 1. The first-order valence-corrected chi connectivity index (χ1v) is 8.66. The summed E-state index contributed by atoms with van der Waals surface area (Å²) in [7, 11) is 3.13. The van der Waals surface area contributed by atoms with Crippen LogP contribution in [-0.2, 0) is 6.54 Å². The topological polar surface area (TPSA) is 82.5 Å². The van der Waals surface area contributed by atoms with E-state index in [4.69, 9.17) is 9.47 Å². The van der Waals surface area contributed by atoms with Crippen molar-refractivity contribution in [1.82, 2.24) is 9.55 Å². The zero-order valence-electron chi connectivity index (χ0n) is 15.9. The highest BCUT2D eigenvalue weighted by molar-refractivity contribution is 6.03. The van der Waals surface area contributed by atoms with Gasteiger partial charge in [0, 0.05) is 18.5 Å². The number of aromatic nitrogens is 2. The van der Waals surface area contributed by atoms with Gasteiger partial charge in [-0.3, -0.25) is 9.59 Å². The van der Waals surface area contributed by atoms with Crippen LogP contribution in [0.2, 0.25) is 0 Å². The largest absolute Gasteiger partial charge is 0.497 e. The molecule has 7 nitrogen and oxygen atoms in total. The van der Waals surface area contributed by atoms with E-state index in [1.165, 1.54) is 10.6 Å². The van der Waals surface area contributed by atoms with E-state index in [2.05, 4.69) is 10.3 Å². The molecule has 0 fully saturated rings. The minimum absolute atomic E-state index is 0.0439. The van der Waals surface area contributed by atoms with Gasteiger partial charge in [0.15, 0.2) is 0 Å². The summed E-state index contributed by atoms with van der Waals surface area (Å²) in [4.78, 5) is 29.5. The van der Waals surface area contributed by atoms with Gasteiger partial charge < -0.3 is 19.4 Å². The van der Waals surface area contributed by atoms with E-state index in [1.54, 1.807) is 44.8 Å². The molecule has 3 aromatic rings. The first-order valence-electron chi connectivity index (χ1n) is 8.66. The Morgan fingerprint density at radius 2 is 1.82 bits per heavy atom. The summed E-state index contributed by atoms with van der Waals surface area (Å²) in [6.45, 7) is 2.11. The highest BCUT2D eigenvalue weighted by Crippen LogP contribution is 2.22. The van der Waals surface area contributed by atoms with Crippen molar-refractivity contribution in [3.05, 3.63) is 81.9 Å². The molecule has 0 aliphatic heterocycles. The monoisotopic (exact) mass is 379 g/mol. The zero-order valence-corrected chi connectivity index (χ0v) is 15.9. The molecule has 3 rings (SSSR count). The number of methoxy groups -OCH3 is 2. The molecule has 0 unspecified atom stereocenters. The molecule has 0 aliphatic rings.